The van der Waals surface area contributed by atoms with E-state index in [1.165, 1.54) is 11.6 Å². The van der Waals surface area contributed by atoms with E-state index in [1.54, 1.807) is 6.07 Å². The molecular formula is C19H23ClFN5. The minimum Gasteiger partial charge on any atom is -0.338 e. The monoisotopic (exact) mass is 375 g/mol. The van der Waals surface area contributed by atoms with Gasteiger partial charge in [-0.05, 0) is 24.7 Å². The molecule has 1 aromatic heterocycles. The first-order valence-electron chi connectivity index (χ1n) is 9.03. The average Bonchev–Trinajstić information content (AvgIpc) is 2.65. The van der Waals surface area contributed by atoms with Crippen molar-refractivity contribution in [3.8, 4) is 0 Å². The molecule has 26 heavy (non-hydrogen) atoms. The molecular weight excluding hydrogens is 353 g/mol. The SMILES string of the molecule is CN1CCN(c2ncc3c(n2)CCN(Cc2ccc(Cl)c(F)c2)C3)CC1. The number of aromatic nitrogens is 2. The molecule has 4 rings (SSSR count). The Morgan fingerprint density at radius 3 is 2.73 bits per heavy atom. The fraction of sp³-hybridized carbons (Fsp3) is 0.474. The predicted octanol–water partition coefficient (Wildman–Crippen LogP) is 2.58. The number of piperazine rings is 1. The molecule has 0 amide bonds. The van der Waals surface area contributed by atoms with Crippen molar-refractivity contribution in [2.45, 2.75) is 19.5 Å². The molecule has 0 atom stereocenters. The molecule has 3 heterocycles. The Bertz CT molecular complexity index is 791. The van der Waals surface area contributed by atoms with Gasteiger partial charge >= 0.3 is 0 Å². The van der Waals surface area contributed by atoms with E-state index < -0.39 is 0 Å². The summed E-state index contributed by atoms with van der Waals surface area (Å²) >= 11 is 5.77. The van der Waals surface area contributed by atoms with Crippen molar-refractivity contribution in [3.63, 3.8) is 0 Å². The summed E-state index contributed by atoms with van der Waals surface area (Å²) in [5, 5.41) is 0.169. The topological polar surface area (TPSA) is 35.5 Å². The highest BCUT2D eigenvalue weighted by atomic mass is 35.5. The van der Waals surface area contributed by atoms with Gasteiger partial charge in [0, 0.05) is 64.0 Å². The Kier molecular flexibility index (Phi) is 5.07. The van der Waals surface area contributed by atoms with E-state index in [0.717, 1.165) is 62.9 Å². The van der Waals surface area contributed by atoms with E-state index in [-0.39, 0.29) is 10.8 Å². The molecule has 5 nitrogen and oxygen atoms in total. The van der Waals surface area contributed by atoms with E-state index >= 15 is 0 Å². The van der Waals surface area contributed by atoms with E-state index in [1.807, 2.05) is 12.3 Å². The maximum Gasteiger partial charge on any atom is 0.225 e. The summed E-state index contributed by atoms with van der Waals surface area (Å²) in [5.74, 6) is 0.492. The number of halogens is 2. The van der Waals surface area contributed by atoms with Crippen LogP contribution in [0.3, 0.4) is 0 Å². The van der Waals surface area contributed by atoms with Crippen LogP contribution >= 0.6 is 11.6 Å². The smallest absolute Gasteiger partial charge is 0.225 e. The zero-order chi connectivity index (χ0) is 18.1. The molecule has 0 saturated carbocycles. The minimum atomic E-state index is -0.360. The van der Waals surface area contributed by atoms with E-state index in [4.69, 9.17) is 16.6 Å². The average molecular weight is 376 g/mol. The van der Waals surface area contributed by atoms with Crippen LogP contribution in [0.25, 0.3) is 0 Å². The largest absolute Gasteiger partial charge is 0.338 e. The second-order valence-corrected chi connectivity index (χ2v) is 7.55. The third-order valence-corrected chi connectivity index (χ3v) is 5.48. The summed E-state index contributed by atoms with van der Waals surface area (Å²) in [6.45, 7) is 6.46. The lowest BCUT2D eigenvalue weighted by Crippen LogP contribution is -2.45. The van der Waals surface area contributed by atoms with Gasteiger partial charge in [-0.1, -0.05) is 17.7 Å². The number of fused-ring (bicyclic) bond motifs is 1. The van der Waals surface area contributed by atoms with Gasteiger partial charge in [0.15, 0.2) is 0 Å². The molecule has 1 saturated heterocycles. The lowest BCUT2D eigenvalue weighted by molar-refractivity contribution is 0.242. The zero-order valence-electron chi connectivity index (χ0n) is 15.0. The van der Waals surface area contributed by atoms with Crippen molar-refractivity contribution in [2.24, 2.45) is 0 Å². The summed E-state index contributed by atoms with van der Waals surface area (Å²) in [6.07, 6.45) is 2.86. The Balaban J connectivity index is 1.43. The lowest BCUT2D eigenvalue weighted by atomic mass is 10.1. The van der Waals surface area contributed by atoms with Gasteiger partial charge in [-0.25, -0.2) is 14.4 Å². The van der Waals surface area contributed by atoms with Gasteiger partial charge in [-0.2, -0.15) is 0 Å². The highest BCUT2D eigenvalue weighted by Gasteiger charge is 2.22. The number of anilines is 1. The standard InChI is InChI=1S/C19H23ClFN5/c1-24-6-8-26(9-7-24)19-22-11-15-13-25(5-4-18(15)23-19)12-14-2-3-16(20)17(21)10-14/h2-3,10-11H,4-9,12-13H2,1H3. The molecule has 2 aliphatic rings. The van der Waals surface area contributed by atoms with Crippen molar-refractivity contribution in [3.05, 3.63) is 52.1 Å². The minimum absolute atomic E-state index is 0.169. The molecule has 0 N–H and O–H groups in total. The highest BCUT2D eigenvalue weighted by Crippen LogP contribution is 2.22. The third kappa shape index (κ3) is 3.82. The Morgan fingerprint density at radius 1 is 1.15 bits per heavy atom. The summed E-state index contributed by atoms with van der Waals surface area (Å²) < 4.78 is 13.6. The van der Waals surface area contributed by atoms with Crippen LogP contribution in [0.2, 0.25) is 5.02 Å². The Labute approximate surface area is 158 Å². The quantitative estimate of drug-likeness (QED) is 0.824. The fourth-order valence-electron chi connectivity index (χ4n) is 3.55. The summed E-state index contributed by atoms with van der Waals surface area (Å²) in [5.41, 5.74) is 3.25. The second-order valence-electron chi connectivity index (χ2n) is 7.14. The van der Waals surface area contributed by atoms with Crippen LogP contribution in [0.4, 0.5) is 10.3 Å². The summed E-state index contributed by atoms with van der Waals surface area (Å²) in [6, 6.07) is 5.02. The molecule has 0 bridgehead atoms. The van der Waals surface area contributed by atoms with Gasteiger partial charge in [-0.15, -0.1) is 0 Å². The van der Waals surface area contributed by atoms with E-state index in [9.17, 15) is 4.39 Å². The maximum atomic E-state index is 13.6. The highest BCUT2D eigenvalue weighted by molar-refractivity contribution is 6.30. The van der Waals surface area contributed by atoms with E-state index in [2.05, 4.69) is 26.7 Å². The van der Waals surface area contributed by atoms with Crippen LogP contribution in [0, 0.1) is 5.82 Å². The van der Waals surface area contributed by atoms with Crippen LogP contribution in [0.15, 0.2) is 24.4 Å². The molecule has 0 unspecified atom stereocenters. The molecule has 7 heteroatoms. The normalized spacial score (nSPS) is 18.8. The Hall–Kier alpha value is -1.76. The van der Waals surface area contributed by atoms with E-state index in [0.29, 0.717) is 6.54 Å². The van der Waals surface area contributed by atoms with Crippen molar-refractivity contribution in [1.29, 1.82) is 0 Å². The molecule has 0 aliphatic carbocycles. The van der Waals surface area contributed by atoms with Gasteiger partial charge in [0.25, 0.3) is 0 Å². The molecule has 2 aromatic rings. The number of hydrogen-bond donors (Lipinski definition) is 0. The summed E-state index contributed by atoms with van der Waals surface area (Å²) in [7, 11) is 2.15. The first kappa shape index (κ1) is 17.6. The van der Waals surface area contributed by atoms with Crippen molar-refractivity contribution in [1.82, 2.24) is 19.8 Å². The van der Waals surface area contributed by atoms with Crippen LogP contribution < -0.4 is 4.90 Å². The van der Waals surface area contributed by atoms with Crippen molar-refractivity contribution < 1.29 is 4.39 Å². The number of hydrogen-bond acceptors (Lipinski definition) is 5. The fourth-order valence-corrected chi connectivity index (χ4v) is 3.67. The van der Waals surface area contributed by atoms with Crippen LogP contribution in [-0.4, -0.2) is 59.5 Å². The maximum absolute atomic E-state index is 13.6. The lowest BCUT2D eigenvalue weighted by Gasteiger charge is -2.33. The first-order valence-corrected chi connectivity index (χ1v) is 9.41. The van der Waals surface area contributed by atoms with Gasteiger partial charge in [0.2, 0.25) is 5.95 Å². The van der Waals surface area contributed by atoms with Gasteiger partial charge in [0.1, 0.15) is 5.82 Å². The Morgan fingerprint density at radius 2 is 1.96 bits per heavy atom. The molecule has 138 valence electrons. The first-order chi connectivity index (χ1) is 12.6. The number of likely N-dealkylation sites (N-methyl/N-ethyl adjacent to an activating group) is 1. The van der Waals surface area contributed by atoms with Crippen LogP contribution in [0.1, 0.15) is 16.8 Å². The number of rotatable bonds is 3. The summed E-state index contributed by atoms with van der Waals surface area (Å²) in [4.78, 5) is 16.3. The molecule has 2 aliphatic heterocycles. The van der Waals surface area contributed by atoms with Gasteiger partial charge in [0.05, 0.1) is 10.7 Å². The van der Waals surface area contributed by atoms with Crippen LogP contribution in [0.5, 0.6) is 0 Å². The van der Waals surface area contributed by atoms with Crippen LogP contribution in [-0.2, 0) is 19.5 Å². The van der Waals surface area contributed by atoms with Gasteiger partial charge < -0.3 is 9.80 Å². The molecule has 0 radical (unpaired) electrons. The van der Waals surface area contributed by atoms with Gasteiger partial charge in [-0.3, -0.25) is 4.90 Å². The number of nitrogens with zero attached hydrogens (tertiary/aromatic N) is 5. The number of benzene rings is 1. The molecule has 1 aromatic carbocycles. The molecule has 0 spiro atoms. The second kappa shape index (κ2) is 7.47. The van der Waals surface area contributed by atoms with Crippen molar-refractivity contribution in [2.75, 3.05) is 44.7 Å². The predicted molar refractivity (Wildman–Crippen MR) is 101 cm³/mol. The third-order valence-electron chi connectivity index (χ3n) is 5.18. The van der Waals surface area contributed by atoms with Crippen molar-refractivity contribution >= 4 is 17.5 Å². The molecule has 1 fully saturated rings. The zero-order valence-corrected chi connectivity index (χ0v) is 15.7.